The van der Waals surface area contributed by atoms with Crippen molar-refractivity contribution in [3.63, 3.8) is 0 Å². The smallest absolute Gasteiger partial charge is 0.230 e. The van der Waals surface area contributed by atoms with E-state index in [1.165, 1.54) is 12.1 Å². The predicted octanol–water partition coefficient (Wildman–Crippen LogP) is 2.81. The number of anilines is 1. The van der Waals surface area contributed by atoms with Crippen molar-refractivity contribution >= 4 is 11.9 Å². The molecule has 12 heteroatoms. The number of aromatic amines is 1. The zero-order chi connectivity index (χ0) is 27.2. The number of hydrogen-bond donors (Lipinski definition) is 4. The maximum atomic E-state index is 13.6. The number of H-pyrrole nitrogens is 1. The summed E-state index contributed by atoms with van der Waals surface area (Å²) in [6, 6.07) is 7.74. The van der Waals surface area contributed by atoms with Crippen molar-refractivity contribution in [3.05, 3.63) is 48.2 Å². The lowest BCUT2D eigenvalue weighted by Crippen LogP contribution is -2.49. The van der Waals surface area contributed by atoms with Gasteiger partial charge >= 0.3 is 0 Å². The molecule has 1 unspecified atom stereocenters. The van der Waals surface area contributed by atoms with Crippen LogP contribution >= 0.6 is 0 Å². The lowest BCUT2D eigenvalue weighted by Gasteiger charge is -2.35. The van der Waals surface area contributed by atoms with Gasteiger partial charge < -0.3 is 34.9 Å². The molecule has 1 amide bonds. The van der Waals surface area contributed by atoms with E-state index in [0.29, 0.717) is 53.9 Å². The Bertz CT molecular complexity index is 1260. The summed E-state index contributed by atoms with van der Waals surface area (Å²) in [5.41, 5.74) is 1.51. The monoisotopic (exact) mass is 540 g/mol. The Morgan fingerprint density at radius 3 is 2.69 bits per heavy atom. The molecule has 1 atom stereocenters. The van der Waals surface area contributed by atoms with Crippen LogP contribution in [0.5, 0.6) is 0 Å². The number of halogens is 1. The summed E-state index contributed by atoms with van der Waals surface area (Å²) in [6.45, 7) is 3.86. The average Bonchev–Trinajstić information content (AvgIpc) is 3.64. The third-order valence-corrected chi connectivity index (χ3v) is 6.76. The second-order valence-electron chi connectivity index (χ2n) is 9.98. The zero-order valence-corrected chi connectivity index (χ0v) is 21.8. The van der Waals surface area contributed by atoms with Gasteiger partial charge in [0, 0.05) is 38.1 Å². The minimum Gasteiger partial charge on any atom is -0.396 e. The number of nitrogens with one attached hydrogen (secondary N) is 3. The molecule has 0 saturated carbocycles. The Morgan fingerprint density at radius 2 is 1.97 bits per heavy atom. The van der Waals surface area contributed by atoms with Gasteiger partial charge in [0.2, 0.25) is 18.1 Å². The molecule has 11 nitrogen and oxygen atoms in total. The van der Waals surface area contributed by atoms with Gasteiger partial charge in [-0.05, 0) is 56.5 Å². The Labute approximate surface area is 225 Å². The van der Waals surface area contributed by atoms with Crippen molar-refractivity contribution in [1.82, 2.24) is 25.3 Å². The highest BCUT2D eigenvalue weighted by Gasteiger charge is 2.41. The van der Waals surface area contributed by atoms with E-state index in [1.54, 1.807) is 31.3 Å². The topological polar surface area (TPSA) is 144 Å². The fourth-order valence-electron chi connectivity index (χ4n) is 4.49. The van der Waals surface area contributed by atoms with E-state index in [4.69, 9.17) is 24.3 Å². The summed E-state index contributed by atoms with van der Waals surface area (Å²) >= 11 is 0. The molecule has 2 fully saturated rings. The van der Waals surface area contributed by atoms with Crippen molar-refractivity contribution in [2.24, 2.45) is 5.41 Å². The van der Waals surface area contributed by atoms with Crippen molar-refractivity contribution < 1.29 is 28.5 Å². The normalized spacial score (nSPS) is 23.1. The largest absolute Gasteiger partial charge is 0.396 e. The van der Waals surface area contributed by atoms with Gasteiger partial charge in [-0.2, -0.15) is 0 Å². The van der Waals surface area contributed by atoms with Crippen LogP contribution in [-0.4, -0.2) is 76.6 Å². The molecule has 3 aromatic rings. The fraction of sp³-hybridized carbons (Fsp3) is 0.481. The molecule has 2 aliphatic heterocycles. The lowest BCUT2D eigenvalue weighted by molar-refractivity contribution is -0.231. The van der Waals surface area contributed by atoms with Crippen molar-refractivity contribution in [3.8, 4) is 22.6 Å². The lowest BCUT2D eigenvalue weighted by atomic mass is 9.91. The van der Waals surface area contributed by atoms with E-state index >= 15 is 0 Å². The summed E-state index contributed by atoms with van der Waals surface area (Å²) < 4.78 is 31.2. The summed E-state index contributed by atoms with van der Waals surface area (Å²) in [6.07, 6.45) is 3.34. The first-order valence-corrected chi connectivity index (χ1v) is 13.1. The molecule has 0 spiro atoms. The summed E-state index contributed by atoms with van der Waals surface area (Å²) in [4.78, 5) is 29.7. The number of aliphatic hydroxyl groups excluding tert-OH is 1. The second kappa shape index (κ2) is 12.2. The first-order valence-electron chi connectivity index (χ1n) is 13.1. The molecule has 39 heavy (non-hydrogen) atoms. The molecule has 4 N–H and O–H groups in total. The standard InChI is InChI=1S/C27H33FN6O5/c1-27(25(36)31-14-19-4-2-13-37-19)15-38-24(39-16-27)23-33-21(17-5-7-18(28)8-6-17)22(34-23)20-9-11-30-26(32-20)29-10-3-12-35/h5-9,11,19,24,35H,2-4,10,12-16H2,1H3,(H,31,36)(H,33,34)(H,29,30,32). The minimum absolute atomic E-state index is 0.0503. The van der Waals surface area contributed by atoms with Gasteiger partial charge in [0.25, 0.3) is 0 Å². The quantitative estimate of drug-likeness (QED) is 0.285. The predicted molar refractivity (Wildman–Crippen MR) is 140 cm³/mol. The maximum absolute atomic E-state index is 13.6. The number of aliphatic hydroxyl groups is 1. The molecule has 0 bridgehead atoms. The third kappa shape index (κ3) is 6.41. The van der Waals surface area contributed by atoms with Crippen molar-refractivity contribution in [2.45, 2.75) is 38.6 Å². The van der Waals surface area contributed by atoms with Crippen LogP contribution in [0.1, 0.15) is 38.3 Å². The number of rotatable bonds is 10. The number of nitrogens with zero attached hydrogens (tertiary/aromatic N) is 3. The first kappa shape index (κ1) is 27.1. The number of ether oxygens (including phenoxy) is 3. The Morgan fingerprint density at radius 1 is 1.18 bits per heavy atom. The van der Waals surface area contributed by atoms with Crippen molar-refractivity contribution in [1.29, 1.82) is 0 Å². The van der Waals surface area contributed by atoms with E-state index in [0.717, 1.165) is 19.4 Å². The van der Waals surface area contributed by atoms with Gasteiger partial charge in [0.15, 0.2) is 5.82 Å². The van der Waals surface area contributed by atoms with E-state index < -0.39 is 11.7 Å². The minimum atomic E-state index is -0.855. The van der Waals surface area contributed by atoms with Crippen LogP contribution in [0.2, 0.25) is 0 Å². The molecule has 208 valence electrons. The van der Waals surface area contributed by atoms with Crippen LogP contribution in [0.3, 0.4) is 0 Å². The number of carbonyl (C=O) groups is 1. The van der Waals surface area contributed by atoms with E-state index in [1.807, 2.05) is 0 Å². The number of hydrogen-bond acceptors (Lipinski definition) is 9. The number of benzene rings is 1. The first-order chi connectivity index (χ1) is 18.9. The third-order valence-electron chi connectivity index (χ3n) is 6.76. The zero-order valence-electron chi connectivity index (χ0n) is 21.8. The Balaban J connectivity index is 1.34. The maximum Gasteiger partial charge on any atom is 0.230 e. The summed E-state index contributed by atoms with van der Waals surface area (Å²) in [5, 5.41) is 15.1. The highest BCUT2D eigenvalue weighted by Crippen LogP contribution is 2.35. The Hall–Kier alpha value is -3.45. The molecular formula is C27H33FN6O5. The highest BCUT2D eigenvalue weighted by molar-refractivity contribution is 5.82. The summed E-state index contributed by atoms with van der Waals surface area (Å²) in [7, 11) is 0. The van der Waals surface area contributed by atoms with Crippen molar-refractivity contribution in [2.75, 3.05) is 44.8 Å². The SMILES string of the molecule is CC1(C(=O)NCC2CCCO2)COC(c2nc(-c3ccc(F)cc3)c(-c3ccnc(NCCCO)n3)[nH]2)OC1. The van der Waals surface area contributed by atoms with Gasteiger partial charge in [-0.15, -0.1) is 0 Å². The van der Waals surface area contributed by atoms with Gasteiger partial charge in [-0.1, -0.05) is 0 Å². The molecular weight excluding hydrogens is 507 g/mol. The molecule has 0 aliphatic carbocycles. The van der Waals surface area contributed by atoms with Gasteiger partial charge in [0.1, 0.15) is 5.82 Å². The van der Waals surface area contributed by atoms with Crippen LogP contribution in [0, 0.1) is 11.2 Å². The molecule has 2 saturated heterocycles. The molecule has 4 heterocycles. The van der Waals surface area contributed by atoms with Crippen LogP contribution < -0.4 is 10.6 Å². The molecule has 2 aliphatic rings. The van der Waals surface area contributed by atoms with Crippen LogP contribution in [0.4, 0.5) is 10.3 Å². The molecule has 2 aromatic heterocycles. The molecule has 1 aromatic carbocycles. The number of aromatic nitrogens is 4. The van der Waals surface area contributed by atoms with E-state index in [-0.39, 0.29) is 37.6 Å². The second-order valence-corrected chi connectivity index (χ2v) is 9.98. The number of amides is 1. The van der Waals surface area contributed by atoms with Gasteiger partial charge in [0.05, 0.1) is 41.8 Å². The number of imidazole rings is 1. The molecule has 5 rings (SSSR count). The van der Waals surface area contributed by atoms with Crippen LogP contribution in [-0.2, 0) is 19.0 Å². The molecule has 0 radical (unpaired) electrons. The fourth-order valence-corrected chi connectivity index (χ4v) is 4.49. The van der Waals surface area contributed by atoms with E-state index in [9.17, 15) is 9.18 Å². The van der Waals surface area contributed by atoms with Crippen LogP contribution in [0.25, 0.3) is 22.6 Å². The van der Waals surface area contributed by atoms with Crippen LogP contribution in [0.15, 0.2) is 36.5 Å². The van der Waals surface area contributed by atoms with Gasteiger partial charge in [-0.25, -0.2) is 19.3 Å². The highest BCUT2D eigenvalue weighted by atomic mass is 19.1. The van der Waals surface area contributed by atoms with E-state index in [2.05, 4.69) is 25.6 Å². The van der Waals surface area contributed by atoms with Gasteiger partial charge in [-0.3, -0.25) is 4.79 Å². The Kier molecular flexibility index (Phi) is 8.46. The summed E-state index contributed by atoms with van der Waals surface area (Å²) in [5.74, 6) is 0.298. The number of carbonyl (C=O) groups excluding carboxylic acids is 1. The average molecular weight is 541 g/mol.